The van der Waals surface area contributed by atoms with Crippen LogP contribution in [-0.4, -0.2) is 161 Å². The fourth-order valence-corrected chi connectivity index (χ4v) is 6.26. The summed E-state index contributed by atoms with van der Waals surface area (Å²) in [5, 5.41) is 0. The Kier molecular flexibility index (Phi) is 31.1. The summed E-state index contributed by atoms with van der Waals surface area (Å²) in [4.78, 5) is 0. The van der Waals surface area contributed by atoms with E-state index < -0.39 is 127 Å². The van der Waals surface area contributed by atoms with Gasteiger partial charge in [0.2, 0.25) is 52.0 Å². The topological polar surface area (TPSA) is 388 Å². The molecule has 0 N–H and O–H groups in total. The van der Waals surface area contributed by atoms with E-state index in [0.717, 1.165) is 21.3 Å². The molecule has 0 aromatic rings. The fourth-order valence-electron chi connectivity index (χ4n) is 4.22. The molecule has 2 rings (SSSR count). The molecule has 2 aliphatic rings. The Labute approximate surface area is 403 Å². The Hall–Kier alpha value is 4.11. The zero-order chi connectivity index (χ0) is 35.5. The molecule has 51 heavy (non-hydrogen) atoms. The van der Waals surface area contributed by atoms with E-state index in [1.807, 2.05) is 0 Å². The zero-order valence-electron chi connectivity index (χ0n) is 27.8. The molecule has 0 bridgehead atoms. The van der Waals surface area contributed by atoms with Crippen molar-refractivity contribution < 1.29 is 262 Å². The van der Waals surface area contributed by atoms with Crippen LogP contribution in [0.25, 0.3) is 0 Å². The summed E-state index contributed by atoms with van der Waals surface area (Å²) in [6.07, 6.45) is -23.0. The average Bonchev–Trinajstić information content (AvgIpc) is 2.86. The maximum Gasteiger partial charge on any atom is 1.00 e. The van der Waals surface area contributed by atoms with Crippen LogP contribution < -0.4 is 148 Å². The van der Waals surface area contributed by atoms with Gasteiger partial charge in [0, 0.05) is 21.3 Å². The molecule has 0 unspecified atom stereocenters. The van der Waals surface area contributed by atoms with Crippen LogP contribution in [0.15, 0.2) is 0 Å². The molecule has 2 saturated heterocycles. The summed E-state index contributed by atoms with van der Waals surface area (Å²) in [7, 11) is -26.3. The van der Waals surface area contributed by atoms with E-state index in [-0.39, 0.29) is 148 Å². The van der Waals surface area contributed by atoms with Gasteiger partial charge in [0.25, 0.3) is 0 Å². The predicted molar refractivity (Wildman–Crippen MR) is 126 cm³/mol. The first-order chi connectivity index (χ1) is 20.8. The average molecular weight is 895 g/mol. The second kappa shape index (κ2) is 25.7. The van der Waals surface area contributed by atoms with Crippen LogP contribution in [-0.2, 0) is 101 Å². The molecule has 0 radical (unpaired) electrons. The second-order valence-corrected chi connectivity index (χ2v) is 13.7. The molecule has 36 heteroatoms. The van der Waals surface area contributed by atoms with Crippen molar-refractivity contribution in [1.29, 1.82) is 0 Å². The van der Waals surface area contributed by atoms with Gasteiger partial charge in [-0.05, 0) is 0 Å². The fraction of sp³-hybridized carbons (Fsp3) is 1.00. The van der Waals surface area contributed by atoms with Gasteiger partial charge >= 0.3 is 148 Å². The zero-order valence-corrected chi connectivity index (χ0v) is 41.9. The first kappa shape index (κ1) is 61.8. The van der Waals surface area contributed by atoms with E-state index >= 15 is 0 Å². The van der Waals surface area contributed by atoms with Crippen LogP contribution >= 0.6 is 0 Å². The number of hydrogen-bond donors (Lipinski definition) is 0. The molecule has 0 aromatic heterocycles. The molecular weight excluding hydrogens is 871 g/mol. The van der Waals surface area contributed by atoms with E-state index in [1.165, 1.54) is 0 Å². The Balaban J connectivity index is -0.00000221. The van der Waals surface area contributed by atoms with Gasteiger partial charge in [0.15, 0.2) is 24.8 Å². The van der Waals surface area contributed by atoms with E-state index in [9.17, 15) is 64.9 Å². The summed E-state index contributed by atoms with van der Waals surface area (Å²) >= 11 is 0. The van der Waals surface area contributed by atoms with Crippen molar-refractivity contribution in [2.24, 2.45) is 0 Å². The van der Waals surface area contributed by atoms with Crippen LogP contribution in [0.1, 0.15) is 0 Å². The van der Waals surface area contributed by atoms with E-state index in [0.29, 0.717) is 0 Å². The van der Waals surface area contributed by atoms with Crippen LogP contribution in [0.4, 0.5) is 0 Å². The molecule has 2 fully saturated rings. The number of hydrogen-bond acceptors (Lipinski definition) is 26. The van der Waals surface area contributed by atoms with Gasteiger partial charge in [-0.3, -0.25) is 20.9 Å². The van der Waals surface area contributed by atoms with Crippen molar-refractivity contribution in [3.05, 3.63) is 0 Å². The molecule has 0 amide bonds. The molecule has 26 nitrogen and oxygen atoms in total. The molecule has 0 saturated carbocycles. The molecule has 0 spiro atoms. The minimum atomic E-state index is -6.01. The summed E-state index contributed by atoms with van der Waals surface area (Å²) in [6, 6.07) is 0. The second-order valence-electron chi connectivity index (χ2n) is 8.62. The van der Waals surface area contributed by atoms with E-state index in [1.54, 1.807) is 0 Å². The minimum Gasteiger partial charge on any atom is -0.726 e. The Morgan fingerprint density at radius 1 is 0.431 bits per heavy atom. The summed E-state index contributed by atoms with van der Waals surface area (Å²) in [5.41, 5.74) is 0. The number of methoxy groups -OCH3 is 3. The summed E-state index contributed by atoms with van der Waals surface area (Å²) in [6.45, 7) is -2.77. The molecule has 2 heterocycles. The third-order valence-electron chi connectivity index (χ3n) is 5.69. The van der Waals surface area contributed by atoms with E-state index in [4.69, 9.17) is 28.4 Å². The van der Waals surface area contributed by atoms with Crippen LogP contribution in [0, 0.1) is 0 Å². The third-order valence-corrected chi connectivity index (χ3v) is 7.91. The molecular formula is C15H23Na5O26S5. The SMILES string of the molecule is CO[C@@H]1O[C@H](COS(=O)(=O)[O-])[C@@H](O[C@H]2O[C@H](COS(=O)(=O)[O-])[C@H](OC)[C@H](OC)[C@H]2OS(=O)(=O)[O-])[C@H](OS(=O)(=O)[O-])[C@H]1OS(=O)(=O)[O-].[Na+].[Na+].[Na+].[Na+].[Na+]. The molecule has 10 atom stereocenters. The van der Waals surface area contributed by atoms with Crippen LogP contribution in [0.5, 0.6) is 0 Å². The summed E-state index contributed by atoms with van der Waals surface area (Å²) in [5.74, 6) is 0. The van der Waals surface area contributed by atoms with Gasteiger partial charge in [0.05, 0.1) is 13.2 Å². The number of rotatable bonds is 17. The van der Waals surface area contributed by atoms with Gasteiger partial charge in [-0.25, -0.2) is 42.1 Å². The smallest absolute Gasteiger partial charge is 0.726 e. The first-order valence-corrected chi connectivity index (χ1v) is 18.1. The standard InChI is InChI=1S/C15H28O26S5.5Na/c1-31-8-6(4-34-42(16,17)18)37-15(12(10(8)32-2)40-45(25,26)27)38-9-7(5-35-43(19,20)21)36-14(33-3)13(41-46(28,29)30)11(9)39-44(22,23)24;;;;;/h6-15H,4-5H2,1-3H3,(H,16,17,18)(H,19,20,21)(H,22,23,24)(H,25,26,27)(H,28,29,30);;;;;/q;5*+1/p-5/t6-,7-,8+,9-,10+,11+,12-,13-,14-,15-;;;;;/m1...../s1. The maximum absolute atomic E-state index is 11.6. The third kappa shape index (κ3) is 22.3. The molecule has 0 aromatic carbocycles. The predicted octanol–water partition coefficient (Wildman–Crippen LogP) is -21.0. The first-order valence-electron chi connectivity index (χ1n) is 11.4. The van der Waals surface area contributed by atoms with E-state index in [2.05, 4.69) is 20.9 Å². The Morgan fingerprint density at radius 3 is 1.10 bits per heavy atom. The monoisotopic (exact) mass is 894 g/mol. The quantitative estimate of drug-likeness (QED) is 0.0743. The van der Waals surface area contributed by atoms with Gasteiger partial charge in [-0.15, -0.1) is 0 Å². The molecule has 0 aliphatic carbocycles. The Morgan fingerprint density at radius 2 is 0.765 bits per heavy atom. The van der Waals surface area contributed by atoms with Gasteiger partial charge in [-0.1, -0.05) is 0 Å². The van der Waals surface area contributed by atoms with Gasteiger partial charge in [0.1, 0.15) is 36.6 Å². The van der Waals surface area contributed by atoms with Gasteiger partial charge in [-0.2, -0.15) is 0 Å². The normalized spacial score (nSPS) is 30.3. The molecule has 2 aliphatic heterocycles. The minimum absolute atomic E-state index is 0. The largest absolute Gasteiger partial charge is 1.00 e. The Bertz CT molecular complexity index is 1580. The van der Waals surface area contributed by atoms with Crippen molar-refractivity contribution in [1.82, 2.24) is 0 Å². The van der Waals surface area contributed by atoms with Crippen molar-refractivity contribution in [3.63, 3.8) is 0 Å². The molecule has 274 valence electrons. The van der Waals surface area contributed by atoms with Crippen molar-refractivity contribution in [3.8, 4) is 0 Å². The van der Waals surface area contributed by atoms with Crippen LogP contribution in [0.2, 0.25) is 0 Å². The maximum atomic E-state index is 11.6. The number of ether oxygens (including phenoxy) is 6. The van der Waals surface area contributed by atoms with Crippen molar-refractivity contribution in [2.75, 3.05) is 34.5 Å². The van der Waals surface area contributed by atoms with Crippen LogP contribution in [0.3, 0.4) is 0 Å². The van der Waals surface area contributed by atoms with Crippen molar-refractivity contribution >= 4 is 52.0 Å². The van der Waals surface area contributed by atoms with Gasteiger partial charge < -0.3 is 51.2 Å². The summed E-state index contributed by atoms with van der Waals surface area (Å²) < 4.78 is 222. The van der Waals surface area contributed by atoms with Crippen molar-refractivity contribution in [2.45, 2.75) is 61.4 Å².